The molecule has 0 unspecified atom stereocenters. The first-order chi connectivity index (χ1) is 4.95. The van der Waals surface area contributed by atoms with Gasteiger partial charge in [0.2, 0.25) is 0 Å². The first-order valence-electron chi connectivity index (χ1n) is 3.65. The molecule has 0 aromatic carbocycles. The third-order valence-corrected chi connectivity index (χ3v) is 2.03. The zero-order valence-corrected chi connectivity index (χ0v) is 9.80. The van der Waals surface area contributed by atoms with E-state index in [0.29, 0.717) is 6.61 Å². The standard InChI is InChI=1S/C8H14OSi.Cr/c1-5-9-7-6-8-10(2,3)4;/h5H2,1-4H3;. The van der Waals surface area contributed by atoms with Crippen molar-refractivity contribution in [3.05, 3.63) is 0 Å². The molecule has 0 aliphatic heterocycles. The molecular formula is C8H14CrOSi. The summed E-state index contributed by atoms with van der Waals surface area (Å²) >= 11 is 2.79. The van der Waals surface area contributed by atoms with Crippen LogP contribution in [0.25, 0.3) is 0 Å². The summed E-state index contributed by atoms with van der Waals surface area (Å²) in [5.41, 5.74) is 3.20. The average Bonchev–Trinajstić information content (AvgIpc) is 1.83. The Bertz CT molecular complexity index is 194. The van der Waals surface area contributed by atoms with E-state index in [1.807, 2.05) is 6.92 Å². The summed E-state index contributed by atoms with van der Waals surface area (Å²) < 4.78 is 5.86. The number of hydrogen-bond acceptors (Lipinski definition) is 1. The molecule has 0 spiro atoms. The molecule has 0 aromatic rings. The zero-order chi connectivity index (χ0) is 8.91. The van der Waals surface area contributed by atoms with Crippen molar-refractivity contribution < 1.29 is 20.6 Å². The van der Waals surface area contributed by atoms with Crippen LogP contribution in [0.1, 0.15) is 6.92 Å². The van der Waals surface area contributed by atoms with Gasteiger partial charge in [-0.25, -0.2) is 0 Å². The van der Waals surface area contributed by atoms with Crippen molar-refractivity contribution in [2.24, 2.45) is 0 Å². The fraction of sp³-hybridized carbons (Fsp3) is 0.625. The summed E-state index contributed by atoms with van der Waals surface area (Å²) in [6, 6.07) is 0. The maximum absolute atomic E-state index is 5.15. The molecule has 0 rings (SSSR count). The molecule has 0 bridgehead atoms. The van der Waals surface area contributed by atoms with E-state index in [-0.39, 0.29) is 0 Å². The summed E-state index contributed by atoms with van der Waals surface area (Å²) in [4.78, 5) is 0. The van der Waals surface area contributed by atoms with Crippen molar-refractivity contribution in [3.63, 3.8) is 0 Å². The summed E-state index contributed by atoms with van der Waals surface area (Å²) in [5, 5.41) is 0. The van der Waals surface area contributed by atoms with Gasteiger partial charge < -0.3 is 0 Å². The second kappa shape index (κ2) is 4.91. The van der Waals surface area contributed by atoms with Crippen LogP contribution in [-0.2, 0) is 20.6 Å². The molecule has 0 N–H and O–H groups in total. The Morgan fingerprint density at radius 3 is 2.36 bits per heavy atom. The van der Waals surface area contributed by atoms with Crippen molar-refractivity contribution >= 4 is 12.6 Å². The Balaban J connectivity index is 3.98. The molecule has 0 fully saturated rings. The van der Waals surface area contributed by atoms with Crippen molar-refractivity contribution in [2.75, 3.05) is 6.61 Å². The van der Waals surface area contributed by atoms with Crippen LogP contribution in [0.2, 0.25) is 19.6 Å². The number of hydrogen-bond donors (Lipinski definition) is 0. The molecule has 0 aromatic heterocycles. The molecule has 11 heavy (non-hydrogen) atoms. The molecule has 0 saturated heterocycles. The fourth-order valence-corrected chi connectivity index (χ4v) is 1.31. The summed E-state index contributed by atoms with van der Waals surface area (Å²) in [6.07, 6.45) is 0. The Morgan fingerprint density at radius 1 is 1.45 bits per heavy atom. The molecule has 0 heterocycles. The normalized spacial score (nSPS) is 10.2. The Kier molecular flexibility index (Phi) is 4.97. The van der Waals surface area contributed by atoms with Crippen LogP contribution in [0.15, 0.2) is 0 Å². The van der Waals surface area contributed by atoms with Gasteiger partial charge in [0.15, 0.2) is 0 Å². The van der Waals surface area contributed by atoms with E-state index in [4.69, 9.17) is 4.74 Å². The third kappa shape index (κ3) is 8.04. The van der Waals surface area contributed by atoms with Crippen LogP contribution < -0.4 is 0 Å². The van der Waals surface area contributed by atoms with E-state index in [1.54, 1.807) is 0 Å². The van der Waals surface area contributed by atoms with Gasteiger partial charge in [0.25, 0.3) is 0 Å². The summed E-state index contributed by atoms with van der Waals surface area (Å²) in [5.74, 6) is 2.97. The van der Waals surface area contributed by atoms with Gasteiger partial charge in [0.1, 0.15) is 0 Å². The molecule has 62 valence electrons. The minimum absolute atomic E-state index is 0.683. The maximum atomic E-state index is 5.15. The predicted molar refractivity (Wildman–Crippen MR) is 47.8 cm³/mol. The van der Waals surface area contributed by atoms with Gasteiger partial charge in [-0.05, 0) is 0 Å². The SMILES string of the molecule is CCO[C](=[Cr])C#C[Si](C)(C)C. The first-order valence-corrected chi connectivity index (χ1v) is 7.79. The van der Waals surface area contributed by atoms with Crippen LogP contribution >= 0.6 is 0 Å². The van der Waals surface area contributed by atoms with Gasteiger partial charge >= 0.3 is 77.9 Å². The van der Waals surface area contributed by atoms with E-state index < -0.39 is 8.07 Å². The Morgan fingerprint density at radius 2 is 2.00 bits per heavy atom. The molecule has 0 amide bonds. The van der Waals surface area contributed by atoms with Gasteiger partial charge in [0.05, 0.1) is 0 Å². The van der Waals surface area contributed by atoms with Crippen LogP contribution in [0.3, 0.4) is 0 Å². The minimum atomic E-state index is -1.23. The van der Waals surface area contributed by atoms with Crippen LogP contribution in [0.4, 0.5) is 0 Å². The number of rotatable bonds is 2. The zero-order valence-electron chi connectivity index (χ0n) is 7.52. The van der Waals surface area contributed by atoms with Gasteiger partial charge in [-0.3, -0.25) is 0 Å². The fourth-order valence-electron chi connectivity index (χ4n) is 0.406. The molecule has 0 aliphatic carbocycles. The molecule has 1 nitrogen and oxygen atoms in total. The Labute approximate surface area is 78.1 Å². The van der Waals surface area contributed by atoms with Crippen molar-refractivity contribution in [3.8, 4) is 11.5 Å². The molecule has 0 atom stereocenters. The second-order valence-corrected chi connectivity index (χ2v) is 8.55. The van der Waals surface area contributed by atoms with Crippen molar-refractivity contribution in [2.45, 2.75) is 26.6 Å². The van der Waals surface area contributed by atoms with Crippen LogP contribution in [-0.4, -0.2) is 19.2 Å². The first kappa shape index (κ1) is 11.1. The monoisotopic (exact) mass is 206 g/mol. The quantitative estimate of drug-likeness (QED) is 0.492. The number of ether oxygens (including phenoxy) is 1. The predicted octanol–water partition coefficient (Wildman–Crippen LogP) is 1.58. The third-order valence-electron chi connectivity index (χ3n) is 0.815. The molecule has 0 saturated carbocycles. The van der Waals surface area contributed by atoms with Gasteiger partial charge in [-0.15, -0.1) is 0 Å². The molecule has 3 heteroatoms. The van der Waals surface area contributed by atoms with Crippen LogP contribution in [0, 0.1) is 11.5 Å². The molecular weight excluding hydrogens is 192 g/mol. The molecule has 0 aliphatic rings. The van der Waals surface area contributed by atoms with E-state index in [9.17, 15) is 0 Å². The molecule has 0 radical (unpaired) electrons. The van der Waals surface area contributed by atoms with Gasteiger partial charge in [-0.1, -0.05) is 0 Å². The van der Waals surface area contributed by atoms with E-state index >= 15 is 0 Å². The van der Waals surface area contributed by atoms with Gasteiger partial charge in [-0.2, -0.15) is 0 Å². The average molecular weight is 206 g/mol. The van der Waals surface area contributed by atoms with E-state index in [0.717, 1.165) is 4.57 Å². The summed E-state index contributed by atoms with van der Waals surface area (Å²) in [6.45, 7) is 9.26. The summed E-state index contributed by atoms with van der Waals surface area (Å²) in [7, 11) is -1.23. The van der Waals surface area contributed by atoms with E-state index in [2.05, 4.69) is 47.0 Å². The van der Waals surface area contributed by atoms with Crippen LogP contribution in [0.5, 0.6) is 0 Å². The Hall–Kier alpha value is 0.139. The van der Waals surface area contributed by atoms with Crippen molar-refractivity contribution in [1.82, 2.24) is 0 Å². The van der Waals surface area contributed by atoms with Crippen molar-refractivity contribution in [1.29, 1.82) is 0 Å². The topological polar surface area (TPSA) is 9.23 Å². The van der Waals surface area contributed by atoms with E-state index in [1.165, 1.54) is 0 Å². The van der Waals surface area contributed by atoms with Gasteiger partial charge in [0, 0.05) is 0 Å². The second-order valence-electron chi connectivity index (χ2n) is 3.22.